The number of rotatable bonds is 9. The lowest BCUT2D eigenvalue weighted by Crippen LogP contribution is -2.46. The quantitative estimate of drug-likeness (QED) is 0.308. The Labute approximate surface area is 255 Å². The molecule has 1 aliphatic carbocycles. The molecule has 1 aliphatic heterocycles. The van der Waals surface area contributed by atoms with Gasteiger partial charge in [-0.15, -0.1) is 0 Å². The van der Waals surface area contributed by atoms with Gasteiger partial charge < -0.3 is 20.6 Å². The van der Waals surface area contributed by atoms with Crippen molar-refractivity contribution < 1.29 is 14.7 Å². The summed E-state index contributed by atoms with van der Waals surface area (Å²) in [5, 5.41) is 9.20. The summed E-state index contributed by atoms with van der Waals surface area (Å²) in [6.45, 7) is 3.50. The average molecular weight is 604 g/mol. The largest absolute Gasteiger partial charge is 0.480 e. The number of carboxylic acid groups (broad SMARTS) is 1. The van der Waals surface area contributed by atoms with Gasteiger partial charge >= 0.3 is 5.97 Å². The Kier molecular flexibility index (Phi) is 11.8. The standard InChI is InChI=1S/C22H21ClN4O.C10H13NO2S/c23-18-9-7-17(8-10-18)22-24-19(16-28)15-21(25-22)27-13-11-26(12-14-27)20-5-3-1-2-4-6-20;11-9(10(12)13)7-14-6-8-4-2-1-3-5-8/h1-3,5-10,15-16H,4,11-14H2;1-5,9H,6-7,11H2,(H,12,13)/t;9-/m.0/s1. The van der Waals surface area contributed by atoms with Crippen molar-refractivity contribution in [2.24, 2.45) is 5.73 Å². The Balaban J connectivity index is 0.000000244. The smallest absolute Gasteiger partial charge is 0.321 e. The molecule has 0 saturated carbocycles. The van der Waals surface area contributed by atoms with Crippen LogP contribution in [0.2, 0.25) is 5.02 Å². The molecule has 2 aromatic carbocycles. The molecule has 3 N–H and O–H groups in total. The lowest BCUT2D eigenvalue weighted by atomic mass is 10.2. The van der Waals surface area contributed by atoms with Crippen LogP contribution in [0.3, 0.4) is 0 Å². The molecule has 2 aliphatic rings. The maximum absolute atomic E-state index is 11.4. The summed E-state index contributed by atoms with van der Waals surface area (Å²) in [5.41, 5.74) is 9.05. The molecule has 5 rings (SSSR count). The van der Waals surface area contributed by atoms with Crippen molar-refractivity contribution in [2.45, 2.75) is 18.2 Å². The van der Waals surface area contributed by atoms with Gasteiger partial charge in [-0.2, -0.15) is 11.8 Å². The van der Waals surface area contributed by atoms with Gasteiger partial charge in [0.25, 0.3) is 0 Å². The zero-order valence-corrected chi connectivity index (χ0v) is 24.8. The first kappa shape index (κ1) is 31.0. The molecule has 0 bridgehead atoms. The highest BCUT2D eigenvalue weighted by Crippen LogP contribution is 2.23. The van der Waals surface area contributed by atoms with Gasteiger partial charge in [-0.3, -0.25) is 9.59 Å². The summed E-state index contributed by atoms with van der Waals surface area (Å²) in [4.78, 5) is 35.5. The van der Waals surface area contributed by atoms with Crippen LogP contribution in [0.5, 0.6) is 0 Å². The molecule has 0 amide bonds. The summed E-state index contributed by atoms with van der Waals surface area (Å²) in [7, 11) is 0. The number of hydrogen-bond acceptors (Lipinski definition) is 8. The second-order valence-electron chi connectivity index (χ2n) is 9.67. The molecule has 0 spiro atoms. The minimum atomic E-state index is -0.939. The maximum Gasteiger partial charge on any atom is 0.321 e. The maximum atomic E-state index is 11.4. The average Bonchev–Trinajstić information content (AvgIpc) is 3.32. The number of piperazine rings is 1. The number of allylic oxidation sites excluding steroid dienone is 5. The third-order valence-electron chi connectivity index (χ3n) is 6.63. The van der Waals surface area contributed by atoms with Crippen molar-refractivity contribution in [3.8, 4) is 11.4 Å². The Morgan fingerprint density at radius 3 is 2.43 bits per heavy atom. The molecule has 42 heavy (non-hydrogen) atoms. The molecular formula is C32H34ClN5O3S. The summed E-state index contributed by atoms with van der Waals surface area (Å²) in [6, 6.07) is 18.3. The van der Waals surface area contributed by atoms with Crippen LogP contribution >= 0.6 is 23.4 Å². The number of aromatic nitrogens is 2. The second-order valence-corrected chi connectivity index (χ2v) is 11.1. The number of aliphatic carboxylic acids is 1. The van der Waals surface area contributed by atoms with Crippen molar-refractivity contribution in [2.75, 3.05) is 36.8 Å². The van der Waals surface area contributed by atoms with Crippen LogP contribution in [0.25, 0.3) is 11.4 Å². The molecule has 0 unspecified atom stereocenters. The monoisotopic (exact) mass is 603 g/mol. The normalized spacial score (nSPS) is 15.2. The van der Waals surface area contributed by atoms with E-state index >= 15 is 0 Å². The number of halogens is 1. The molecule has 8 nitrogen and oxygen atoms in total. The van der Waals surface area contributed by atoms with E-state index in [9.17, 15) is 9.59 Å². The number of benzene rings is 2. The van der Waals surface area contributed by atoms with Gasteiger partial charge in [0.05, 0.1) is 0 Å². The molecule has 10 heteroatoms. The topological polar surface area (TPSA) is 113 Å². The van der Waals surface area contributed by atoms with E-state index in [1.807, 2.05) is 42.5 Å². The predicted molar refractivity (Wildman–Crippen MR) is 171 cm³/mol. The Hall–Kier alpha value is -3.92. The number of aldehydes is 1. The molecule has 1 aromatic heterocycles. The highest BCUT2D eigenvalue weighted by atomic mass is 35.5. The van der Waals surface area contributed by atoms with Crippen molar-refractivity contribution in [1.82, 2.24) is 14.9 Å². The fourth-order valence-corrected chi connectivity index (χ4v) is 5.42. The summed E-state index contributed by atoms with van der Waals surface area (Å²) >= 11 is 7.51. The van der Waals surface area contributed by atoms with E-state index < -0.39 is 12.0 Å². The summed E-state index contributed by atoms with van der Waals surface area (Å²) < 4.78 is 0. The third-order valence-corrected chi connectivity index (χ3v) is 8.01. The lowest BCUT2D eigenvalue weighted by Gasteiger charge is -2.37. The number of thioether (sulfide) groups is 1. The van der Waals surface area contributed by atoms with Crippen LogP contribution in [0, 0.1) is 0 Å². The van der Waals surface area contributed by atoms with E-state index in [1.165, 1.54) is 23.0 Å². The van der Waals surface area contributed by atoms with Gasteiger partial charge in [0.1, 0.15) is 17.6 Å². The van der Waals surface area contributed by atoms with E-state index in [2.05, 4.69) is 45.2 Å². The van der Waals surface area contributed by atoms with Crippen molar-refractivity contribution >= 4 is 41.4 Å². The third kappa shape index (κ3) is 9.30. The zero-order valence-electron chi connectivity index (χ0n) is 23.2. The minimum Gasteiger partial charge on any atom is -0.480 e. The number of carbonyl (C=O) groups excluding carboxylic acids is 1. The Morgan fingerprint density at radius 1 is 1.02 bits per heavy atom. The van der Waals surface area contributed by atoms with Gasteiger partial charge in [-0.25, -0.2) is 9.97 Å². The van der Waals surface area contributed by atoms with Crippen LogP contribution in [0.15, 0.2) is 96.7 Å². The van der Waals surface area contributed by atoms with Crippen LogP contribution in [0.1, 0.15) is 22.5 Å². The number of carbonyl (C=O) groups is 2. The molecule has 0 radical (unpaired) electrons. The minimum absolute atomic E-state index is 0.387. The first-order valence-corrected chi connectivity index (χ1v) is 15.2. The molecule has 3 aromatic rings. The van der Waals surface area contributed by atoms with E-state index in [1.54, 1.807) is 18.2 Å². The lowest BCUT2D eigenvalue weighted by molar-refractivity contribution is -0.137. The number of carboxylic acids is 1. The summed E-state index contributed by atoms with van der Waals surface area (Å²) in [5.74, 6) is 1.64. The van der Waals surface area contributed by atoms with E-state index in [-0.39, 0.29) is 0 Å². The van der Waals surface area contributed by atoms with Crippen molar-refractivity contribution in [1.29, 1.82) is 0 Å². The van der Waals surface area contributed by atoms with Crippen LogP contribution in [0.4, 0.5) is 5.82 Å². The molecular weight excluding hydrogens is 570 g/mol. The predicted octanol–water partition coefficient (Wildman–Crippen LogP) is 5.46. The van der Waals surface area contributed by atoms with Gasteiger partial charge in [0, 0.05) is 60.0 Å². The van der Waals surface area contributed by atoms with E-state index in [4.69, 9.17) is 27.4 Å². The molecule has 1 saturated heterocycles. The number of hydrogen-bond donors (Lipinski definition) is 2. The second kappa shape index (κ2) is 15.9. The highest BCUT2D eigenvalue weighted by Gasteiger charge is 2.20. The van der Waals surface area contributed by atoms with Gasteiger partial charge in [0.2, 0.25) is 0 Å². The van der Waals surface area contributed by atoms with E-state index in [0.29, 0.717) is 22.3 Å². The zero-order chi connectivity index (χ0) is 29.7. The Morgan fingerprint density at radius 2 is 1.74 bits per heavy atom. The Bertz CT molecular complexity index is 1420. The van der Waals surface area contributed by atoms with Crippen molar-refractivity contribution in [3.05, 3.63) is 113 Å². The van der Waals surface area contributed by atoms with Gasteiger partial charge in [-0.1, -0.05) is 66.2 Å². The first-order valence-electron chi connectivity index (χ1n) is 13.7. The van der Waals surface area contributed by atoms with Gasteiger partial charge in [0.15, 0.2) is 12.1 Å². The fourth-order valence-electron chi connectivity index (χ4n) is 4.35. The van der Waals surface area contributed by atoms with Crippen LogP contribution in [-0.2, 0) is 10.5 Å². The highest BCUT2D eigenvalue weighted by molar-refractivity contribution is 7.98. The SMILES string of the molecule is N[C@@H](CSCc1ccccc1)C(=O)O.O=Cc1cc(N2CCN(C3=CCC=CC=C3)CC2)nc(-c2ccc(Cl)cc2)n1. The fraction of sp³-hybridized carbons (Fsp3) is 0.250. The summed E-state index contributed by atoms with van der Waals surface area (Å²) in [6.07, 6.45) is 12.5. The van der Waals surface area contributed by atoms with Gasteiger partial charge in [-0.05, 0) is 42.3 Å². The molecule has 218 valence electrons. The number of nitrogens with two attached hydrogens (primary N) is 1. The number of anilines is 1. The first-order chi connectivity index (χ1) is 20.4. The van der Waals surface area contributed by atoms with Crippen LogP contribution in [-0.4, -0.2) is 70.2 Å². The van der Waals surface area contributed by atoms with E-state index in [0.717, 1.165) is 56.0 Å². The van der Waals surface area contributed by atoms with Crippen LogP contribution < -0.4 is 10.6 Å². The molecule has 2 heterocycles. The number of nitrogens with zero attached hydrogens (tertiary/aromatic N) is 4. The molecule has 1 atom stereocenters. The van der Waals surface area contributed by atoms with Crippen molar-refractivity contribution in [3.63, 3.8) is 0 Å². The molecule has 1 fully saturated rings.